The standard InChI is InChI=1S/C24H26BrNO3/c1-3-26(4-2)14-6-16-29-23-13-8-18-17-19(25)9-11-21(18)24(23)22(27)12-10-20-7-5-15-28-20/h5,7-13,15,17H,3-4,6,14,16H2,1-2H3/b12-10+. The molecule has 5 heteroatoms. The molecule has 0 atom stereocenters. The second-order valence-corrected chi connectivity index (χ2v) is 7.66. The third kappa shape index (κ3) is 5.58. The zero-order chi connectivity index (χ0) is 20.6. The lowest BCUT2D eigenvalue weighted by atomic mass is 9.99. The predicted molar refractivity (Wildman–Crippen MR) is 122 cm³/mol. The topological polar surface area (TPSA) is 42.7 Å². The van der Waals surface area contributed by atoms with E-state index in [0.29, 0.717) is 23.7 Å². The summed E-state index contributed by atoms with van der Waals surface area (Å²) in [6.07, 6.45) is 5.72. The fourth-order valence-corrected chi connectivity index (χ4v) is 3.67. The molecular weight excluding hydrogens is 430 g/mol. The Morgan fingerprint density at radius 2 is 2.00 bits per heavy atom. The van der Waals surface area contributed by atoms with E-state index >= 15 is 0 Å². The summed E-state index contributed by atoms with van der Waals surface area (Å²) in [7, 11) is 0. The van der Waals surface area contributed by atoms with Crippen LogP contribution < -0.4 is 4.74 Å². The summed E-state index contributed by atoms with van der Waals surface area (Å²) in [6, 6.07) is 13.4. The molecule has 0 radical (unpaired) electrons. The SMILES string of the molecule is CCN(CC)CCCOc1ccc2cc(Br)ccc2c1C(=O)/C=C/c1ccco1. The van der Waals surface area contributed by atoms with Crippen molar-refractivity contribution < 1.29 is 13.9 Å². The zero-order valence-electron chi connectivity index (χ0n) is 16.9. The molecule has 2 aromatic carbocycles. The fraction of sp³-hybridized carbons (Fsp3) is 0.292. The Morgan fingerprint density at radius 3 is 2.72 bits per heavy atom. The Hall–Kier alpha value is -2.37. The number of rotatable bonds is 10. The van der Waals surface area contributed by atoms with E-state index in [1.807, 2.05) is 36.4 Å². The molecule has 1 heterocycles. The van der Waals surface area contributed by atoms with E-state index in [1.54, 1.807) is 24.5 Å². The molecule has 4 nitrogen and oxygen atoms in total. The van der Waals surface area contributed by atoms with Crippen LogP contribution in [0.3, 0.4) is 0 Å². The van der Waals surface area contributed by atoms with Crippen LogP contribution in [0, 0.1) is 0 Å². The number of carbonyl (C=O) groups is 1. The highest BCUT2D eigenvalue weighted by molar-refractivity contribution is 9.10. The number of halogens is 1. The highest BCUT2D eigenvalue weighted by atomic mass is 79.9. The Labute approximate surface area is 180 Å². The van der Waals surface area contributed by atoms with E-state index in [2.05, 4.69) is 34.7 Å². The summed E-state index contributed by atoms with van der Waals surface area (Å²) in [5.74, 6) is 1.16. The van der Waals surface area contributed by atoms with Gasteiger partial charge in [0.25, 0.3) is 0 Å². The first-order chi connectivity index (χ1) is 14.1. The quantitative estimate of drug-likeness (QED) is 0.207. The van der Waals surface area contributed by atoms with Gasteiger partial charge in [-0.15, -0.1) is 0 Å². The van der Waals surface area contributed by atoms with Gasteiger partial charge in [0.2, 0.25) is 0 Å². The van der Waals surface area contributed by atoms with E-state index < -0.39 is 0 Å². The van der Waals surface area contributed by atoms with Crippen LogP contribution in [0.25, 0.3) is 16.8 Å². The lowest BCUT2D eigenvalue weighted by Crippen LogP contribution is -2.25. The molecule has 1 aromatic heterocycles. The molecule has 3 rings (SSSR count). The molecule has 0 amide bonds. The smallest absolute Gasteiger partial charge is 0.190 e. The molecule has 0 spiro atoms. The minimum Gasteiger partial charge on any atom is -0.493 e. The van der Waals surface area contributed by atoms with E-state index in [4.69, 9.17) is 9.15 Å². The zero-order valence-corrected chi connectivity index (χ0v) is 18.4. The van der Waals surface area contributed by atoms with Gasteiger partial charge in [0, 0.05) is 11.0 Å². The molecular formula is C24H26BrNO3. The van der Waals surface area contributed by atoms with Crippen molar-refractivity contribution in [3.8, 4) is 5.75 Å². The largest absolute Gasteiger partial charge is 0.493 e. The Bertz CT molecular complexity index is 975. The molecule has 3 aromatic rings. The molecule has 0 fully saturated rings. The Balaban J connectivity index is 1.85. The predicted octanol–water partition coefficient (Wildman–Crippen LogP) is 6.20. The molecule has 0 aliphatic carbocycles. The highest BCUT2D eigenvalue weighted by Crippen LogP contribution is 2.31. The van der Waals surface area contributed by atoms with Crippen LogP contribution in [-0.4, -0.2) is 36.9 Å². The number of hydrogen-bond donors (Lipinski definition) is 0. The van der Waals surface area contributed by atoms with Gasteiger partial charge in [-0.1, -0.05) is 41.9 Å². The number of carbonyl (C=O) groups excluding carboxylic acids is 1. The second-order valence-electron chi connectivity index (χ2n) is 6.75. The number of fused-ring (bicyclic) bond motifs is 1. The molecule has 152 valence electrons. The number of benzene rings is 2. The van der Waals surface area contributed by atoms with Gasteiger partial charge in [0.15, 0.2) is 5.78 Å². The van der Waals surface area contributed by atoms with Crippen molar-refractivity contribution in [2.75, 3.05) is 26.2 Å². The maximum atomic E-state index is 13.1. The average molecular weight is 456 g/mol. The van der Waals surface area contributed by atoms with Crippen LogP contribution in [0.2, 0.25) is 0 Å². The number of hydrogen-bond acceptors (Lipinski definition) is 4. The van der Waals surface area contributed by atoms with E-state index in [1.165, 1.54) is 0 Å². The lowest BCUT2D eigenvalue weighted by molar-refractivity contribution is 0.104. The monoisotopic (exact) mass is 455 g/mol. The van der Waals surface area contributed by atoms with Crippen LogP contribution in [-0.2, 0) is 0 Å². The summed E-state index contributed by atoms with van der Waals surface area (Å²) in [5, 5.41) is 1.87. The molecule has 0 N–H and O–H groups in total. The lowest BCUT2D eigenvalue weighted by Gasteiger charge is -2.18. The molecule has 0 bridgehead atoms. The van der Waals surface area contributed by atoms with Crippen LogP contribution in [0.1, 0.15) is 36.4 Å². The van der Waals surface area contributed by atoms with Gasteiger partial charge < -0.3 is 14.1 Å². The number of ketones is 1. The normalized spacial score (nSPS) is 11.6. The van der Waals surface area contributed by atoms with Crippen LogP contribution in [0.15, 0.2) is 63.7 Å². The maximum Gasteiger partial charge on any atom is 0.190 e. The van der Waals surface area contributed by atoms with Gasteiger partial charge in [-0.25, -0.2) is 0 Å². The minimum absolute atomic E-state index is 0.104. The first-order valence-electron chi connectivity index (χ1n) is 9.95. The van der Waals surface area contributed by atoms with E-state index in [0.717, 1.165) is 41.3 Å². The number of furan rings is 1. The molecule has 0 saturated carbocycles. The summed E-state index contributed by atoms with van der Waals surface area (Å²) in [5.41, 5.74) is 0.584. The van der Waals surface area contributed by atoms with Gasteiger partial charge in [-0.05, 0) is 72.8 Å². The third-order valence-corrected chi connectivity index (χ3v) is 5.40. The first kappa shape index (κ1) is 21.3. The number of nitrogens with zero attached hydrogens (tertiary/aromatic N) is 1. The molecule has 0 unspecified atom stereocenters. The van der Waals surface area contributed by atoms with Crippen LogP contribution in [0.5, 0.6) is 5.75 Å². The van der Waals surface area contributed by atoms with Crippen molar-refractivity contribution in [2.24, 2.45) is 0 Å². The molecule has 0 saturated heterocycles. The maximum absolute atomic E-state index is 13.1. The summed E-state index contributed by atoms with van der Waals surface area (Å²) < 4.78 is 12.3. The summed E-state index contributed by atoms with van der Waals surface area (Å²) in [4.78, 5) is 15.4. The highest BCUT2D eigenvalue weighted by Gasteiger charge is 2.15. The Morgan fingerprint density at radius 1 is 1.17 bits per heavy atom. The van der Waals surface area contributed by atoms with Gasteiger partial charge >= 0.3 is 0 Å². The van der Waals surface area contributed by atoms with Gasteiger partial charge in [-0.2, -0.15) is 0 Å². The fourth-order valence-electron chi connectivity index (χ4n) is 3.29. The third-order valence-electron chi connectivity index (χ3n) is 4.90. The van der Waals surface area contributed by atoms with Crippen LogP contribution in [0.4, 0.5) is 0 Å². The number of allylic oxidation sites excluding steroid dienone is 1. The van der Waals surface area contributed by atoms with Gasteiger partial charge in [0.1, 0.15) is 11.5 Å². The van der Waals surface area contributed by atoms with Crippen LogP contribution >= 0.6 is 15.9 Å². The molecule has 0 aliphatic heterocycles. The van der Waals surface area contributed by atoms with Crippen molar-refractivity contribution in [1.29, 1.82) is 0 Å². The van der Waals surface area contributed by atoms with Gasteiger partial charge in [-0.3, -0.25) is 4.79 Å². The van der Waals surface area contributed by atoms with Crippen molar-refractivity contribution >= 4 is 38.6 Å². The van der Waals surface area contributed by atoms with Crippen molar-refractivity contribution in [2.45, 2.75) is 20.3 Å². The van der Waals surface area contributed by atoms with Crippen molar-refractivity contribution in [1.82, 2.24) is 4.90 Å². The first-order valence-corrected chi connectivity index (χ1v) is 10.7. The van der Waals surface area contributed by atoms with Crippen molar-refractivity contribution in [3.63, 3.8) is 0 Å². The molecule has 29 heavy (non-hydrogen) atoms. The summed E-state index contributed by atoms with van der Waals surface area (Å²) in [6.45, 7) is 7.93. The molecule has 0 aliphatic rings. The Kier molecular flexibility index (Phi) is 7.67. The minimum atomic E-state index is -0.104. The van der Waals surface area contributed by atoms with E-state index in [-0.39, 0.29) is 5.78 Å². The number of ether oxygens (including phenoxy) is 1. The van der Waals surface area contributed by atoms with Gasteiger partial charge in [0.05, 0.1) is 18.4 Å². The second kappa shape index (κ2) is 10.4. The van der Waals surface area contributed by atoms with E-state index in [9.17, 15) is 4.79 Å². The summed E-state index contributed by atoms with van der Waals surface area (Å²) >= 11 is 3.50. The van der Waals surface area contributed by atoms with Crippen molar-refractivity contribution in [3.05, 3.63) is 70.6 Å². The average Bonchev–Trinajstić information content (AvgIpc) is 3.25.